The highest BCUT2D eigenvalue weighted by molar-refractivity contribution is 6.48. The maximum atomic E-state index is 12.7. The van der Waals surface area contributed by atoms with Crippen molar-refractivity contribution in [2.75, 3.05) is 5.43 Å². The molecule has 21 heavy (non-hydrogen) atoms. The van der Waals surface area contributed by atoms with Crippen molar-refractivity contribution in [3.05, 3.63) is 47.3 Å². The van der Waals surface area contributed by atoms with E-state index in [9.17, 15) is 4.79 Å². The Kier molecular flexibility index (Phi) is 3.12. The number of nitrogens with zero attached hydrogens (tertiary/aromatic N) is 2. The normalized spacial score (nSPS) is 18.6. The molecule has 5 nitrogen and oxygen atoms in total. The molecule has 0 aliphatic heterocycles. The lowest BCUT2D eigenvalue weighted by atomic mass is 9.74. The second-order valence-corrected chi connectivity index (χ2v) is 5.89. The maximum absolute atomic E-state index is 12.7. The minimum absolute atomic E-state index is 0.108. The van der Waals surface area contributed by atoms with Crippen molar-refractivity contribution >= 4 is 17.2 Å². The van der Waals surface area contributed by atoms with Crippen LogP contribution in [-0.2, 0) is 6.42 Å². The smallest absolute Gasteiger partial charge is 0.215 e. The van der Waals surface area contributed by atoms with Gasteiger partial charge in [-0.25, -0.2) is 0 Å². The van der Waals surface area contributed by atoms with Crippen LogP contribution < -0.4 is 5.43 Å². The van der Waals surface area contributed by atoms with Crippen molar-refractivity contribution < 1.29 is 9.32 Å². The fourth-order valence-corrected chi connectivity index (χ4v) is 2.57. The van der Waals surface area contributed by atoms with Crippen LogP contribution in [0.2, 0.25) is 0 Å². The predicted octanol–water partition coefficient (Wildman–Crippen LogP) is 3.22. The van der Waals surface area contributed by atoms with E-state index in [0.29, 0.717) is 29.2 Å². The number of carbonyl (C=O) groups is 1. The molecule has 1 aliphatic carbocycles. The van der Waals surface area contributed by atoms with E-state index in [1.807, 2.05) is 44.2 Å². The van der Waals surface area contributed by atoms with E-state index in [2.05, 4.69) is 15.7 Å². The third kappa shape index (κ3) is 2.35. The zero-order valence-electron chi connectivity index (χ0n) is 12.3. The molecule has 1 heterocycles. The lowest BCUT2D eigenvalue weighted by molar-refractivity contribution is 0.104. The average molecular weight is 283 g/mol. The fraction of sp³-hybridized carbons (Fsp3) is 0.312. The number of carbonyl (C=O) groups excluding carboxylic acids is 1. The molecule has 0 saturated heterocycles. The second-order valence-electron chi connectivity index (χ2n) is 5.89. The number of aromatic nitrogens is 1. The first-order valence-corrected chi connectivity index (χ1v) is 6.88. The lowest BCUT2D eigenvalue weighted by Gasteiger charge is -2.28. The van der Waals surface area contributed by atoms with Crippen LogP contribution in [-0.4, -0.2) is 16.7 Å². The van der Waals surface area contributed by atoms with Crippen molar-refractivity contribution in [3.63, 3.8) is 0 Å². The molecule has 1 N–H and O–H groups in total. The van der Waals surface area contributed by atoms with Gasteiger partial charge in [0.15, 0.2) is 0 Å². The Balaban J connectivity index is 1.97. The Bertz CT molecular complexity index is 714. The summed E-state index contributed by atoms with van der Waals surface area (Å²) in [4.78, 5) is 12.7. The predicted molar refractivity (Wildman–Crippen MR) is 80.6 cm³/mol. The van der Waals surface area contributed by atoms with Gasteiger partial charge in [0, 0.05) is 11.8 Å². The van der Waals surface area contributed by atoms with Crippen molar-refractivity contribution in [1.82, 2.24) is 5.16 Å². The molecule has 0 bridgehead atoms. The molecule has 0 spiro atoms. The van der Waals surface area contributed by atoms with Crippen molar-refractivity contribution in [1.29, 1.82) is 0 Å². The SMILES string of the molecule is Cc1noc2c1C(=O)C(=NNc1ccccc1)C(C)(C)C2. The number of ketones is 1. The zero-order valence-corrected chi connectivity index (χ0v) is 12.3. The van der Waals surface area contributed by atoms with Gasteiger partial charge in [-0.15, -0.1) is 0 Å². The Morgan fingerprint density at radius 1 is 1.29 bits per heavy atom. The van der Waals surface area contributed by atoms with E-state index in [4.69, 9.17) is 4.52 Å². The standard InChI is InChI=1S/C16H17N3O2/c1-10-13-12(21-19-10)9-16(2,3)15(14(13)20)18-17-11-7-5-4-6-8-11/h4-8,17H,9H2,1-3H3. The number of hydrogen-bond acceptors (Lipinski definition) is 5. The summed E-state index contributed by atoms with van der Waals surface area (Å²) in [5.74, 6) is 0.546. The Morgan fingerprint density at radius 3 is 2.71 bits per heavy atom. The number of rotatable bonds is 2. The van der Waals surface area contributed by atoms with Gasteiger partial charge in [-0.1, -0.05) is 37.2 Å². The van der Waals surface area contributed by atoms with Gasteiger partial charge >= 0.3 is 0 Å². The maximum Gasteiger partial charge on any atom is 0.215 e. The highest BCUT2D eigenvalue weighted by Crippen LogP contribution is 2.34. The van der Waals surface area contributed by atoms with Gasteiger partial charge in [-0.2, -0.15) is 5.10 Å². The van der Waals surface area contributed by atoms with Crippen LogP contribution in [0.15, 0.2) is 40.0 Å². The second kappa shape index (κ2) is 4.84. The molecule has 1 aromatic heterocycles. The van der Waals surface area contributed by atoms with Gasteiger partial charge in [0.25, 0.3) is 0 Å². The van der Waals surface area contributed by atoms with Gasteiger partial charge < -0.3 is 4.52 Å². The van der Waals surface area contributed by atoms with Crippen molar-refractivity contribution in [3.8, 4) is 0 Å². The number of hydrogen-bond donors (Lipinski definition) is 1. The summed E-state index contributed by atoms with van der Waals surface area (Å²) in [6, 6.07) is 9.57. The first kappa shape index (κ1) is 13.5. The molecule has 0 radical (unpaired) electrons. The van der Waals surface area contributed by atoms with Crippen LogP contribution in [0.1, 0.15) is 35.7 Å². The molecule has 0 amide bonds. The van der Waals surface area contributed by atoms with Gasteiger partial charge in [-0.3, -0.25) is 10.2 Å². The highest BCUT2D eigenvalue weighted by atomic mass is 16.5. The monoisotopic (exact) mass is 283 g/mol. The van der Waals surface area contributed by atoms with Crippen LogP contribution in [0.3, 0.4) is 0 Å². The molecule has 0 atom stereocenters. The third-order valence-corrected chi connectivity index (χ3v) is 3.69. The van der Waals surface area contributed by atoms with E-state index in [1.54, 1.807) is 6.92 Å². The highest BCUT2D eigenvalue weighted by Gasteiger charge is 2.41. The van der Waals surface area contributed by atoms with Crippen LogP contribution in [0.25, 0.3) is 0 Å². The van der Waals surface area contributed by atoms with Crippen LogP contribution in [0.5, 0.6) is 0 Å². The largest absolute Gasteiger partial charge is 0.360 e. The third-order valence-electron chi connectivity index (χ3n) is 3.69. The van der Waals surface area contributed by atoms with E-state index in [1.165, 1.54) is 0 Å². The quantitative estimate of drug-likeness (QED) is 0.859. The molecule has 108 valence electrons. The summed E-state index contributed by atoms with van der Waals surface area (Å²) in [5.41, 5.74) is 5.10. The minimum atomic E-state index is -0.391. The number of hydrazone groups is 1. The number of nitrogens with one attached hydrogen (secondary N) is 1. The van der Waals surface area contributed by atoms with Crippen LogP contribution >= 0.6 is 0 Å². The van der Waals surface area contributed by atoms with Gasteiger partial charge in [0.05, 0.1) is 16.9 Å². The molecular formula is C16H17N3O2. The Hall–Kier alpha value is -2.43. The van der Waals surface area contributed by atoms with Gasteiger partial charge in [0.1, 0.15) is 11.5 Å². The number of Topliss-reactive ketones (excluding diaryl/α,β-unsaturated/α-hetero) is 1. The van der Waals surface area contributed by atoms with Gasteiger partial charge in [0.2, 0.25) is 5.78 Å². The summed E-state index contributed by atoms with van der Waals surface area (Å²) in [6.07, 6.45) is 0.615. The Labute approximate surface area is 123 Å². The fourth-order valence-electron chi connectivity index (χ4n) is 2.57. The summed E-state index contributed by atoms with van der Waals surface area (Å²) in [5, 5.41) is 8.25. The zero-order chi connectivity index (χ0) is 15.0. The molecule has 0 saturated carbocycles. The van der Waals surface area contributed by atoms with Crippen molar-refractivity contribution in [2.24, 2.45) is 10.5 Å². The number of aryl methyl sites for hydroxylation is 1. The summed E-state index contributed by atoms with van der Waals surface area (Å²) in [6.45, 7) is 5.75. The molecule has 0 fully saturated rings. The van der Waals surface area contributed by atoms with Crippen LogP contribution in [0, 0.1) is 12.3 Å². The topological polar surface area (TPSA) is 67.5 Å². The summed E-state index contributed by atoms with van der Waals surface area (Å²) >= 11 is 0. The summed E-state index contributed by atoms with van der Waals surface area (Å²) < 4.78 is 5.26. The van der Waals surface area contributed by atoms with Gasteiger partial charge in [-0.05, 0) is 19.1 Å². The van der Waals surface area contributed by atoms with E-state index in [-0.39, 0.29) is 5.78 Å². The van der Waals surface area contributed by atoms with E-state index >= 15 is 0 Å². The average Bonchev–Trinajstić information content (AvgIpc) is 2.79. The molecule has 0 unspecified atom stereocenters. The van der Waals surface area contributed by atoms with Crippen molar-refractivity contribution in [2.45, 2.75) is 27.2 Å². The molecule has 1 aromatic carbocycles. The van der Waals surface area contributed by atoms with Crippen LogP contribution in [0.4, 0.5) is 5.69 Å². The Morgan fingerprint density at radius 2 is 2.00 bits per heavy atom. The molecule has 2 aromatic rings. The molecule has 1 aliphatic rings. The van der Waals surface area contributed by atoms with E-state index in [0.717, 1.165) is 5.69 Å². The summed E-state index contributed by atoms with van der Waals surface area (Å²) in [7, 11) is 0. The number of fused-ring (bicyclic) bond motifs is 1. The number of benzene rings is 1. The first-order valence-electron chi connectivity index (χ1n) is 6.88. The molecule has 3 rings (SSSR count). The molecular weight excluding hydrogens is 266 g/mol. The number of anilines is 1. The lowest BCUT2D eigenvalue weighted by Crippen LogP contribution is -2.39. The molecule has 5 heteroatoms. The first-order chi connectivity index (χ1) is 9.99. The minimum Gasteiger partial charge on any atom is -0.360 e. The van der Waals surface area contributed by atoms with E-state index < -0.39 is 5.41 Å². The number of para-hydroxylation sites is 1.